The number of ether oxygens (including phenoxy) is 2. The lowest BCUT2D eigenvalue weighted by Gasteiger charge is -2.36. The van der Waals surface area contributed by atoms with Gasteiger partial charge in [-0.15, -0.1) is 11.8 Å². The number of hydrogen-bond donors (Lipinski definition) is 5. The number of alkyl carbamates (subject to hydrolysis) is 1. The molecule has 16 heteroatoms. The van der Waals surface area contributed by atoms with Gasteiger partial charge in [0.15, 0.2) is 11.6 Å². The number of hydrogen-bond acceptors (Lipinski definition) is 11. The van der Waals surface area contributed by atoms with Crippen LogP contribution in [-0.2, 0) is 60.6 Å². The Bertz CT molecular complexity index is 2670. The maximum atomic E-state index is 14.6. The lowest BCUT2D eigenvalue weighted by atomic mass is 9.84. The summed E-state index contributed by atoms with van der Waals surface area (Å²) in [5.74, 6) is -7.78. The van der Waals surface area contributed by atoms with Crippen LogP contribution in [0.2, 0.25) is 0 Å². The summed E-state index contributed by atoms with van der Waals surface area (Å²) in [6.45, 7) is 11.0. The van der Waals surface area contributed by atoms with Crippen LogP contribution in [0.5, 0.6) is 0 Å². The van der Waals surface area contributed by atoms with Crippen molar-refractivity contribution in [1.29, 1.82) is 0 Å². The topological polar surface area (TPSA) is 223 Å². The zero-order chi connectivity index (χ0) is 56.9. The van der Waals surface area contributed by atoms with Crippen LogP contribution in [0.3, 0.4) is 0 Å². The van der Waals surface area contributed by atoms with Crippen molar-refractivity contribution in [3.63, 3.8) is 0 Å². The van der Waals surface area contributed by atoms with E-state index in [0.717, 1.165) is 27.8 Å². The van der Waals surface area contributed by atoms with Gasteiger partial charge in [0.2, 0.25) is 17.7 Å². The molecule has 0 aromatic heterocycles. The van der Waals surface area contributed by atoms with Crippen LogP contribution < -0.4 is 21.3 Å². The van der Waals surface area contributed by atoms with Gasteiger partial charge < -0.3 is 35.8 Å². The van der Waals surface area contributed by atoms with Crippen LogP contribution in [0.25, 0.3) is 0 Å². The molecule has 0 aliphatic carbocycles. The second kappa shape index (κ2) is 29.2. The van der Waals surface area contributed by atoms with Crippen molar-refractivity contribution < 1.29 is 52.9 Å². The van der Waals surface area contributed by atoms with Gasteiger partial charge >= 0.3 is 18.0 Å². The van der Waals surface area contributed by atoms with Crippen molar-refractivity contribution in [3.8, 4) is 0 Å². The van der Waals surface area contributed by atoms with Gasteiger partial charge in [0.25, 0.3) is 0 Å². The first-order valence-corrected chi connectivity index (χ1v) is 27.3. The van der Waals surface area contributed by atoms with Crippen molar-refractivity contribution in [2.24, 2.45) is 11.8 Å². The molecule has 0 spiro atoms. The Morgan fingerprint density at radius 2 is 0.962 bits per heavy atom. The summed E-state index contributed by atoms with van der Waals surface area (Å²) >= 11 is 1.34. The minimum Gasteiger partial charge on any atom is -0.481 e. The fourth-order valence-electron chi connectivity index (χ4n) is 8.80. The van der Waals surface area contributed by atoms with Gasteiger partial charge in [0.1, 0.15) is 17.2 Å². The number of ketones is 2. The van der Waals surface area contributed by atoms with E-state index in [1.54, 1.807) is 65.8 Å². The van der Waals surface area contributed by atoms with E-state index in [1.807, 2.05) is 134 Å². The summed E-state index contributed by atoms with van der Waals surface area (Å²) in [5, 5.41) is 21.5. The number of carbonyl (C=O) groups excluding carboxylic acids is 7. The Hall–Kier alpha value is -7.59. The number of carboxylic acid groups (broad SMARTS) is 1. The van der Waals surface area contributed by atoms with E-state index in [1.165, 1.54) is 11.8 Å². The maximum absolute atomic E-state index is 14.6. The predicted molar refractivity (Wildman–Crippen MR) is 301 cm³/mol. The SMILES string of the molecule is CCCC(=O)N[C@@H](Cc1ccccc1)C(=O)C[C@@H](Cc1ccccc1)C(=O)NC[C@H](NC(=O)OC(C)(C)C)C(=O)N[C@@H](CC(=O)OC(C)(C)C)C(=O)C[C@@H](CSC(c1ccccc1)(c1ccccc1)c1ccccc1)C(=O)O. The number of amides is 4. The second-order valence-corrected chi connectivity index (χ2v) is 22.4. The summed E-state index contributed by atoms with van der Waals surface area (Å²) in [6, 6.07) is 42.8. The molecule has 78 heavy (non-hydrogen) atoms. The molecular formula is C62H74N4O11S. The number of rotatable bonds is 28. The molecule has 5 N–H and O–H groups in total. The average Bonchev–Trinajstić information content (AvgIpc) is 3.42. The minimum absolute atomic E-state index is 0.0908. The van der Waals surface area contributed by atoms with Gasteiger partial charge in [-0.3, -0.25) is 33.6 Å². The van der Waals surface area contributed by atoms with Gasteiger partial charge in [-0.2, -0.15) is 0 Å². The third kappa shape index (κ3) is 19.5. The molecule has 5 rings (SSSR count). The molecule has 0 fully saturated rings. The largest absolute Gasteiger partial charge is 0.481 e. The molecule has 0 bridgehead atoms. The molecule has 0 heterocycles. The number of carbonyl (C=O) groups is 8. The molecule has 15 nitrogen and oxygen atoms in total. The highest BCUT2D eigenvalue weighted by atomic mass is 32.2. The van der Waals surface area contributed by atoms with Gasteiger partial charge in [0, 0.05) is 37.5 Å². The molecule has 5 aromatic carbocycles. The highest BCUT2D eigenvalue weighted by molar-refractivity contribution is 8.00. The van der Waals surface area contributed by atoms with Crippen LogP contribution in [0.15, 0.2) is 152 Å². The van der Waals surface area contributed by atoms with E-state index in [2.05, 4.69) is 21.3 Å². The highest BCUT2D eigenvalue weighted by Gasteiger charge is 2.40. The Morgan fingerprint density at radius 3 is 1.42 bits per heavy atom. The van der Waals surface area contributed by atoms with E-state index in [-0.39, 0.29) is 37.3 Å². The third-order valence-corrected chi connectivity index (χ3v) is 14.2. The van der Waals surface area contributed by atoms with E-state index in [9.17, 15) is 43.5 Å². The van der Waals surface area contributed by atoms with Crippen LogP contribution in [0.1, 0.15) is 108 Å². The van der Waals surface area contributed by atoms with Gasteiger partial charge in [-0.1, -0.05) is 159 Å². The smallest absolute Gasteiger partial charge is 0.408 e. The molecule has 5 atom stereocenters. The van der Waals surface area contributed by atoms with Crippen LogP contribution >= 0.6 is 11.8 Å². The Labute approximate surface area is 462 Å². The molecule has 0 saturated heterocycles. The normalized spacial score (nSPS) is 13.5. The molecular weight excluding hydrogens is 1010 g/mol. The van der Waals surface area contributed by atoms with Gasteiger partial charge in [-0.05, 0) is 88.6 Å². The number of benzene rings is 5. The quantitative estimate of drug-likeness (QED) is 0.0234. The zero-order valence-corrected chi connectivity index (χ0v) is 46.4. The summed E-state index contributed by atoms with van der Waals surface area (Å²) in [4.78, 5) is 111. The minimum atomic E-state index is -1.66. The van der Waals surface area contributed by atoms with Crippen molar-refractivity contribution >= 4 is 59.1 Å². The van der Waals surface area contributed by atoms with Crippen molar-refractivity contribution in [1.82, 2.24) is 21.3 Å². The van der Waals surface area contributed by atoms with Gasteiger partial charge in [-0.25, -0.2) is 4.79 Å². The first-order valence-electron chi connectivity index (χ1n) is 26.3. The third-order valence-electron chi connectivity index (χ3n) is 12.4. The number of thioether (sulfide) groups is 1. The highest BCUT2D eigenvalue weighted by Crippen LogP contribution is 2.49. The monoisotopic (exact) mass is 1080 g/mol. The molecule has 0 radical (unpaired) electrons. The van der Waals surface area contributed by atoms with E-state index >= 15 is 0 Å². The van der Waals surface area contributed by atoms with E-state index < -0.39 is 107 Å². The van der Waals surface area contributed by atoms with Crippen molar-refractivity contribution in [2.75, 3.05) is 12.3 Å². The Kier molecular flexibility index (Phi) is 23.0. The molecule has 4 amide bonds. The maximum Gasteiger partial charge on any atom is 0.408 e. The first-order chi connectivity index (χ1) is 37.1. The van der Waals surface area contributed by atoms with E-state index in [4.69, 9.17) is 9.47 Å². The summed E-state index contributed by atoms with van der Waals surface area (Å²) in [6.07, 6.45) is -1.64. The standard InChI is InChI=1S/C62H74N4O11S/c1-8-24-54(69)64-49(36-43-27-16-10-17-28-43)52(67)37-44(35-42-25-14-9-15-26-42)56(71)63-40-51(66-59(75)77-61(5,6)7)57(72)65-50(39-55(70)76-60(2,3)4)53(68)38-45(58(73)74)41-78-62(46-29-18-11-19-30-46,47-31-20-12-21-32-47)48-33-22-13-23-34-48/h9-23,25-34,44-45,49-51H,8,24,35-41H2,1-7H3,(H,63,71)(H,64,69)(H,65,72)(H,66,75)(H,73,74)/t44-,45+,49+,50+,51+/m1/s1. The average molecular weight is 1080 g/mol. The zero-order valence-electron chi connectivity index (χ0n) is 45.6. The lowest BCUT2D eigenvalue weighted by Crippen LogP contribution is -2.57. The number of aliphatic carboxylic acids is 1. The molecule has 414 valence electrons. The molecule has 0 aliphatic heterocycles. The molecule has 0 unspecified atom stereocenters. The molecule has 0 saturated carbocycles. The number of Topliss-reactive ketones (excluding diaryl/α,β-unsaturated/α-hetero) is 2. The van der Waals surface area contributed by atoms with E-state index in [0.29, 0.717) is 6.42 Å². The summed E-state index contributed by atoms with van der Waals surface area (Å²) in [5.41, 5.74) is 2.11. The second-order valence-electron chi connectivity index (χ2n) is 21.2. The van der Waals surface area contributed by atoms with Crippen molar-refractivity contribution in [3.05, 3.63) is 179 Å². The first kappa shape index (κ1) is 61.3. The van der Waals surface area contributed by atoms with Crippen LogP contribution in [0, 0.1) is 11.8 Å². The fraction of sp³-hybridized carbons (Fsp3) is 0.387. The van der Waals surface area contributed by atoms with Crippen LogP contribution in [-0.4, -0.2) is 94.1 Å². The number of esters is 1. The lowest BCUT2D eigenvalue weighted by molar-refractivity contribution is -0.156. The van der Waals surface area contributed by atoms with Crippen molar-refractivity contribution in [2.45, 2.75) is 127 Å². The number of nitrogens with one attached hydrogen (secondary N) is 4. The molecule has 0 aliphatic rings. The Morgan fingerprint density at radius 1 is 0.513 bits per heavy atom. The predicted octanol–water partition coefficient (Wildman–Crippen LogP) is 8.94. The Balaban J connectivity index is 1.44. The fourth-order valence-corrected chi connectivity index (χ4v) is 10.4. The summed E-state index contributed by atoms with van der Waals surface area (Å²) < 4.78 is 10.1. The number of carboxylic acids is 1. The van der Waals surface area contributed by atoms with Crippen LogP contribution in [0.4, 0.5) is 4.79 Å². The molecule has 5 aromatic rings. The summed E-state index contributed by atoms with van der Waals surface area (Å²) in [7, 11) is 0. The van der Waals surface area contributed by atoms with Gasteiger partial charge in [0.05, 0.1) is 29.2 Å².